The number of nitrogens with one attached hydrogen (secondary N) is 1. The summed E-state index contributed by atoms with van der Waals surface area (Å²) in [5.74, 6) is 0.323. The Bertz CT molecular complexity index is 774. The van der Waals surface area contributed by atoms with Crippen LogP contribution in [0.4, 0.5) is 5.69 Å². The monoisotopic (exact) mass is 433 g/mol. The van der Waals surface area contributed by atoms with Crippen molar-refractivity contribution in [3.05, 3.63) is 58.1 Å². The molecule has 0 aliphatic carbocycles. The first-order chi connectivity index (χ1) is 13.0. The first kappa shape index (κ1) is 21.0. The predicted molar refractivity (Wildman–Crippen MR) is 109 cm³/mol. The van der Waals surface area contributed by atoms with E-state index < -0.39 is 0 Å². The first-order valence-electron chi connectivity index (χ1n) is 8.95. The smallest absolute Gasteiger partial charge is 0.338 e. The normalized spacial score (nSPS) is 10.3. The molecule has 0 saturated carbocycles. The summed E-state index contributed by atoms with van der Waals surface area (Å²) >= 11 is 3.46. The number of anilines is 1. The zero-order chi connectivity index (χ0) is 19.6. The Kier molecular flexibility index (Phi) is 8.33. The summed E-state index contributed by atoms with van der Waals surface area (Å²) in [4.78, 5) is 23.8. The number of amides is 1. The zero-order valence-corrected chi connectivity index (χ0v) is 17.2. The maximum Gasteiger partial charge on any atom is 0.338 e. The van der Waals surface area contributed by atoms with Gasteiger partial charge in [-0.3, -0.25) is 4.79 Å². The van der Waals surface area contributed by atoms with Gasteiger partial charge in [-0.15, -0.1) is 0 Å². The number of carbonyl (C=O) groups is 2. The second-order valence-corrected chi connectivity index (χ2v) is 7.00. The second kappa shape index (κ2) is 10.7. The van der Waals surface area contributed by atoms with Crippen LogP contribution in [0, 0.1) is 6.92 Å². The van der Waals surface area contributed by atoms with E-state index in [1.807, 2.05) is 32.0 Å². The molecule has 0 aromatic heterocycles. The van der Waals surface area contributed by atoms with Crippen LogP contribution in [0.15, 0.2) is 46.9 Å². The average Bonchev–Trinajstić information content (AvgIpc) is 2.65. The summed E-state index contributed by atoms with van der Waals surface area (Å²) in [7, 11) is 0. The maximum atomic E-state index is 12.0. The summed E-state index contributed by atoms with van der Waals surface area (Å²) in [6.45, 7) is 4.81. The van der Waals surface area contributed by atoms with Crippen LogP contribution in [0.3, 0.4) is 0 Å². The number of hydrogen-bond donors (Lipinski definition) is 1. The fourth-order valence-corrected chi connectivity index (χ4v) is 2.94. The molecule has 27 heavy (non-hydrogen) atoms. The minimum atomic E-state index is -0.353. The topological polar surface area (TPSA) is 64.6 Å². The average molecular weight is 434 g/mol. The van der Waals surface area contributed by atoms with Crippen molar-refractivity contribution in [2.24, 2.45) is 0 Å². The largest absolute Gasteiger partial charge is 0.492 e. The number of ether oxygens (including phenoxy) is 2. The van der Waals surface area contributed by atoms with Gasteiger partial charge in [0.2, 0.25) is 5.91 Å². The molecule has 0 saturated heterocycles. The van der Waals surface area contributed by atoms with E-state index in [0.717, 1.165) is 22.2 Å². The van der Waals surface area contributed by atoms with Crippen LogP contribution in [-0.2, 0) is 9.53 Å². The fraction of sp³-hybridized carbons (Fsp3) is 0.333. The third-order valence-electron chi connectivity index (χ3n) is 3.73. The Morgan fingerprint density at radius 1 is 1.07 bits per heavy atom. The number of hydrogen-bond acceptors (Lipinski definition) is 4. The van der Waals surface area contributed by atoms with E-state index >= 15 is 0 Å². The van der Waals surface area contributed by atoms with Crippen molar-refractivity contribution in [2.45, 2.75) is 33.1 Å². The highest BCUT2D eigenvalue weighted by Gasteiger charge is 2.08. The van der Waals surface area contributed by atoms with Gasteiger partial charge < -0.3 is 14.8 Å². The van der Waals surface area contributed by atoms with Crippen LogP contribution < -0.4 is 10.1 Å². The van der Waals surface area contributed by atoms with E-state index in [-0.39, 0.29) is 11.9 Å². The molecule has 0 unspecified atom stereocenters. The summed E-state index contributed by atoms with van der Waals surface area (Å²) in [5, 5.41) is 2.81. The summed E-state index contributed by atoms with van der Waals surface area (Å²) < 4.78 is 11.7. The standard InChI is InChI=1S/C21H24BrNO4/c1-3-12-27-21(25)16-7-9-17(10-8-16)23-20(24)5-4-13-26-19-11-6-15(2)14-18(19)22/h6-11,14H,3-5,12-13H2,1-2H3,(H,23,24). The van der Waals surface area contributed by atoms with Crippen LogP contribution in [0.25, 0.3) is 0 Å². The zero-order valence-electron chi connectivity index (χ0n) is 15.6. The van der Waals surface area contributed by atoms with Gasteiger partial charge in [0, 0.05) is 12.1 Å². The maximum absolute atomic E-state index is 12.0. The number of benzene rings is 2. The number of rotatable bonds is 9. The first-order valence-corrected chi connectivity index (χ1v) is 9.75. The van der Waals surface area contributed by atoms with Crippen LogP contribution >= 0.6 is 15.9 Å². The highest BCUT2D eigenvalue weighted by molar-refractivity contribution is 9.10. The molecule has 1 amide bonds. The van der Waals surface area contributed by atoms with E-state index in [9.17, 15) is 9.59 Å². The van der Waals surface area contributed by atoms with Gasteiger partial charge in [-0.05, 0) is 77.7 Å². The molecule has 0 atom stereocenters. The second-order valence-electron chi connectivity index (χ2n) is 6.15. The molecule has 0 bridgehead atoms. The van der Waals surface area contributed by atoms with E-state index in [0.29, 0.717) is 37.3 Å². The molecule has 1 N–H and O–H groups in total. The molecule has 5 nitrogen and oxygen atoms in total. The summed E-state index contributed by atoms with van der Waals surface area (Å²) in [6, 6.07) is 12.6. The Balaban J connectivity index is 1.73. The Labute approximate surface area is 168 Å². The third kappa shape index (κ3) is 7.06. The van der Waals surface area contributed by atoms with E-state index in [1.54, 1.807) is 24.3 Å². The summed E-state index contributed by atoms with van der Waals surface area (Å²) in [5.41, 5.74) is 2.27. The van der Waals surface area contributed by atoms with Gasteiger partial charge in [-0.25, -0.2) is 4.79 Å². The van der Waals surface area contributed by atoms with Gasteiger partial charge in [0.25, 0.3) is 0 Å². The van der Waals surface area contributed by atoms with E-state index in [2.05, 4.69) is 21.2 Å². The minimum absolute atomic E-state index is 0.0946. The molecule has 2 aromatic carbocycles. The molecule has 0 heterocycles. The van der Waals surface area contributed by atoms with Crippen LogP contribution in [0.2, 0.25) is 0 Å². The lowest BCUT2D eigenvalue weighted by Crippen LogP contribution is -2.13. The van der Waals surface area contributed by atoms with Crippen molar-refractivity contribution < 1.29 is 19.1 Å². The van der Waals surface area contributed by atoms with Gasteiger partial charge in [0.05, 0.1) is 23.2 Å². The van der Waals surface area contributed by atoms with Crippen molar-refractivity contribution in [1.82, 2.24) is 0 Å². The third-order valence-corrected chi connectivity index (χ3v) is 4.35. The van der Waals surface area contributed by atoms with Gasteiger partial charge in [-0.2, -0.15) is 0 Å². The van der Waals surface area contributed by atoms with E-state index in [4.69, 9.17) is 9.47 Å². The molecular weight excluding hydrogens is 410 g/mol. The molecular formula is C21H24BrNO4. The Hall–Kier alpha value is -2.34. The molecule has 144 valence electrons. The predicted octanol–water partition coefficient (Wildman–Crippen LogP) is 5.12. The highest BCUT2D eigenvalue weighted by Crippen LogP contribution is 2.25. The lowest BCUT2D eigenvalue weighted by molar-refractivity contribution is -0.116. The van der Waals surface area contributed by atoms with Crippen molar-refractivity contribution in [1.29, 1.82) is 0 Å². The minimum Gasteiger partial charge on any atom is -0.492 e. The van der Waals surface area contributed by atoms with Gasteiger partial charge in [0.1, 0.15) is 5.75 Å². The number of aryl methyl sites for hydroxylation is 1. The number of carbonyl (C=O) groups excluding carboxylic acids is 2. The van der Waals surface area contributed by atoms with Crippen molar-refractivity contribution in [3.8, 4) is 5.75 Å². The lowest BCUT2D eigenvalue weighted by Gasteiger charge is -2.09. The van der Waals surface area contributed by atoms with Gasteiger partial charge in [0.15, 0.2) is 0 Å². The quantitative estimate of drug-likeness (QED) is 0.440. The van der Waals surface area contributed by atoms with Crippen molar-refractivity contribution >= 4 is 33.5 Å². The lowest BCUT2D eigenvalue weighted by atomic mass is 10.2. The van der Waals surface area contributed by atoms with Crippen molar-refractivity contribution in [3.63, 3.8) is 0 Å². The molecule has 0 aliphatic rings. The van der Waals surface area contributed by atoms with Crippen molar-refractivity contribution in [2.75, 3.05) is 18.5 Å². The molecule has 2 rings (SSSR count). The molecule has 0 radical (unpaired) electrons. The molecule has 0 aliphatic heterocycles. The van der Waals surface area contributed by atoms with Gasteiger partial charge >= 0.3 is 5.97 Å². The Morgan fingerprint density at radius 3 is 2.48 bits per heavy atom. The molecule has 6 heteroatoms. The fourth-order valence-electron chi connectivity index (χ4n) is 2.33. The molecule has 0 fully saturated rings. The van der Waals surface area contributed by atoms with Gasteiger partial charge in [-0.1, -0.05) is 13.0 Å². The highest BCUT2D eigenvalue weighted by atomic mass is 79.9. The van der Waals surface area contributed by atoms with Crippen LogP contribution in [0.5, 0.6) is 5.75 Å². The number of esters is 1. The van der Waals surface area contributed by atoms with Crippen LogP contribution in [0.1, 0.15) is 42.1 Å². The number of halogens is 1. The molecule has 0 spiro atoms. The SMILES string of the molecule is CCCOC(=O)c1ccc(NC(=O)CCCOc2ccc(C)cc2Br)cc1. The van der Waals surface area contributed by atoms with E-state index in [1.165, 1.54) is 0 Å². The Morgan fingerprint density at radius 2 is 1.81 bits per heavy atom. The summed E-state index contributed by atoms with van der Waals surface area (Å²) in [6.07, 6.45) is 1.74. The van der Waals surface area contributed by atoms with Crippen LogP contribution in [-0.4, -0.2) is 25.1 Å². The molecule has 2 aromatic rings.